The predicted octanol–water partition coefficient (Wildman–Crippen LogP) is 3.97. The molecular formula is C21H26N2O4S. The molecule has 2 amide bonds. The highest BCUT2D eigenvalue weighted by Crippen LogP contribution is 2.33. The van der Waals surface area contributed by atoms with E-state index in [4.69, 9.17) is 4.74 Å². The fourth-order valence-corrected chi connectivity index (χ4v) is 4.07. The van der Waals surface area contributed by atoms with Gasteiger partial charge in [-0.3, -0.25) is 19.3 Å². The number of hydrogen-bond donors (Lipinski definition) is 0. The van der Waals surface area contributed by atoms with Crippen LogP contribution in [0.2, 0.25) is 0 Å². The van der Waals surface area contributed by atoms with E-state index in [2.05, 4.69) is 17.0 Å². The number of imide groups is 1. The zero-order valence-corrected chi connectivity index (χ0v) is 17.4. The minimum absolute atomic E-state index is 0.236. The third kappa shape index (κ3) is 4.58. The molecule has 0 unspecified atom stereocenters. The molecule has 1 atom stereocenters. The summed E-state index contributed by atoms with van der Waals surface area (Å²) in [6.45, 7) is 7.48. The molecule has 2 aliphatic heterocycles. The predicted molar refractivity (Wildman–Crippen MR) is 111 cm³/mol. The van der Waals surface area contributed by atoms with Crippen molar-refractivity contribution < 1.29 is 19.1 Å². The van der Waals surface area contributed by atoms with Gasteiger partial charge in [0, 0.05) is 18.8 Å². The van der Waals surface area contributed by atoms with Gasteiger partial charge in [-0.15, -0.1) is 0 Å². The first-order valence-corrected chi connectivity index (χ1v) is 10.5. The molecule has 2 saturated heterocycles. The molecule has 0 spiro atoms. The number of hydrogen-bond acceptors (Lipinski definition) is 6. The van der Waals surface area contributed by atoms with E-state index < -0.39 is 17.1 Å². The second-order valence-electron chi connectivity index (χ2n) is 7.21. The third-order valence-corrected chi connectivity index (χ3v) is 5.99. The lowest BCUT2D eigenvalue weighted by molar-refractivity contribution is -0.150. The number of rotatable bonds is 6. The zero-order chi connectivity index (χ0) is 20.3. The maximum absolute atomic E-state index is 12.6. The number of nitrogens with zero attached hydrogens (tertiary/aromatic N) is 2. The molecule has 1 aromatic rings. The van der Waals surface area contributed by atoms with E-state index in [1.807, 2.05) is 19.9 Å². The van der Waals surface area contributed by atoms with Crippen molar-refractivity contribution in [2.24, 2.45) is 0 Å². The van der Waals surface area contributed by atoms with Crippen molar-refractivity contribution in [2.75, 3.05) is 24.5 Å². The molecule has 0 aromatic heterocycles. The summed E-state index contributed by atoms with van der Waals surface area (Å²) < 4.78 is 5.17. The van der Waals surface area contributed by atoms with E-state index in [1.54, 1.807) is 13.0 Å². The normalized spacial score (nSPS) is 19.6. The molecule has 1 aromatic carbocycles. The largest absolute Gasteiger partial charge is 0.461 e. The van der Waals surface area contributed by atoms with Crippen LogP contribution in [0.25, 0.3) is 6.08 Å². The van der Waals surface area contributed by atoms with Gasteiger partial charge in [-0.05, 0) is 74.2 Å². The summed E-state index contributed by atoms with van der Waals surface area (Å²) in [4.78, 5) is 40.4. The second kappa shape index (κ2) is 8.82. The molecule has 0 bridgehead atoms. The Morgan fingerprint density at radius 2 is 2.00 bits per heavy atom. The monoisotopic (exact) mass is 402 g/mol. The molecule has 7 heteroatoms. The maximum atomic E-state index is 12.6. The van der Waals surface area contributed by atoms with Crippen LogP contribution in [0.4, 0.5) is 10.5 Å². The average Bonchev–Trinajstić information content (AvgIpc) is 3.28. The number of benzene rings is 1. The van der Waals surface area contributed by atoms with Crippen LogP contribution in [-0.4, -0.2) is 47.8 Å². The molecule has 0 saturated carbocycles. The third-order valence-electron chi connectivity index (χ3n) is 5.08. The van der Waals surface area contributed by atoms with Gasteiger partial charge in [0.05, 0.1) is 11.0 Å². The lowest BCUT2D eigenvalue weighted by Gasteiger charge is -2.18. The van der Waals surface area contributed by atoms with Crippen LogP contribution in [0.5, 0.6) is 0 Å². The summed E-state index contributed by atoms with van der Waals surface area (Å²) in [5, 5.41) is -0.441. The fourth-order valence-electron chi connectivity index (χ4n) is 3.25. The van der Waals surface area contributed by atoms with Crippen molar-refractivity contribution in [2.45, 2.75) is 46.1 Å². The van der Waals surface area contributed by atoms with E-state index >= 15 is 0 Å². The van der Waals surface area contributed by atoms with Crippen molar-refractivity contribution in [3.8, 4) is 0 Å². The van der Waals surface area contributed by atoms with Crippen LogP contribution >= 0.6 is 11.8 Å². The van der Waals surface area contributed by atoms with Gasteiger partial charge in [-0.2, -0.15) is 0 Å². The molecule has 0 aliphatic carbocycles. The van der Waals surface area contributed by atoms with E-state index in [1.165, 1.54) is 18.5 Å². The number of anilines is 1. The summed E-state index contributed by atoms with van der Waals surface area (Å²) >= 11 is 0.862. The number of aryl methyl sites for hydroxylation is 1. The minimum atomic E-state index is -0.566. The Morgan fingerprint density at radius 3 is 2.64 bits per heavy atom. The van der Waals surface area contributed by atoms with Crippen molar-refractivity contribution in [3.05, 3.63) is 34.2 Å². The first-order valence-electron chi connectivity index (χ1n) is 9.69. The fraction of sp³-hybridized carbons (Fsp3) is 0.476. The van der Waals surface area contributed by atoms with Gasteiger partial charge in [-0.25, -0.2) is 0 Å². The number of ether oxygens (including phenoxy) is 1. The number of amides is 2. The SMILES string of the molecule is CC[C@@H](C)OC(=O)CN1C(=O)S/C(=C/c2ccc(N3CCCC3)cc2C)C1=O. The van der Waals surface area contributed by atoms with Gasteiger partial charge in [0.1, 0.15) is 6.54 Å². The smallest absolute Gasteiger partial charge is 0.326 e. The van der Waals surface area contributed by atoms with Gasteiger partial charge >= 0.3 is 5.97 Å². The molecule has 2 fully saturated rings. The summed E-state index contributed by atoms with van der Waals surface area (Å²) in [6, 6.07) is 6.15. The van der Waals surface area contributed by atoms with E-state index in [0.29, 0.717) is 11.3 Å². The molecule has 150 valence electrons. The van der Waals surface area contributed by atoms with Crippen LogP contribution in [0.15, 0.2) is 23.1 Å². The second-order valence-corrected chi connectivity index (χ2v) is 8.20. The van der Waals surface area contributed by atoms with Crippen LogP contribution in [0, 0.1) is 6.92 Å². The summed E-state index contributed by atoms with van der Waals surface area (Å²) in [5.41, 5.74) is 3.14. The molecule has 0 radical (unpaired) electrons. The van der Waals surface area contributed by atoms with Crippen molar-refractivity contribution >= 4 is 40.6 Å². The minimum Gasteiger partial charge on any atom is -0.461 e. The molecule has 2 aliphatic rings. The summed E-state index contributed by atoms with van der Waals surface area (Å²) in [7, 11) is 0. The highest BCUT2D eigenvalue weighted by molar-refractivity contribution is 8.18. The molecule has 3 rings (SSSR count). The van der Waals surface area contributed by atoms with Gasteiger partial charge < -0.3 is 9.64 Å². The van der Waals surface area contributed by atoms with Crippen molar-refractivity contribution in [1.29, 1.82) is 0 Å². The van der Waals surface area contributed by atoms with Gasteiger partial charge in [-0.1, -0.05) is 13.0 Å². The summed E-state index contributed by atoms with van der Waals surface area (Å²) in [5.74, 6) is -1.01. The molecule has 28 heavy (non-hydrogen) atoms. The number of thioether (sulfide) groups is 1. The van der Waals surface area contributed by atoms with E-state index in [-0.39, 0.29) is 12.6 Å². The van der Waals surface area contributed by atoms with Crippen LogP contribution < -0.4 is 4.90 Å². The molecule has 6 nitrogen and oxygen atoms in total. The van der Waals surface area contributed by atoms with Gasteiger partial charge in [0.25, 0.3) is 11.1 Å². The Kier molecular flexibility index (Phi) is 6.44. The molecule has 2 heterocycles. The van der Waals surface area contributed by atoms with Crippen molar-refractivity contribution in [3.63, 3.8) is 0 Å². The average molecular weight is 403 g/mol. The zero-order valence-electron chi connectivity index (χ0n) is 16.6. The van der Waals surface area contributed by atoms with Crippen LogP contribution in [0.1, 0.15) is 44.2 Å². The highest BCUT2D eigenvalue weighted by Gasteiger charge is 2.37. The Bertz CT molecular complexity index is 815. The topological polar surface area (TPSA) is 66.9 Å². The van der Waals surface area contributed by atoms with Gasteiger partial charge in [0.15, 0.2) is 0 Å². The Labute approximate surface area is 169 Å². The molecular weight excluding hydrogens is 376 g/mol. The Morgan fingerprint density at radius 1 is 1.29 bits per heavy atom. The number of carbonyl (C=O) groups is 3. The lowest BCUT2D eigenvalue weighted by Crippen LogP contribution is -2.35. The number of carbonyl (C=O) groups excluding carboxylic acids is 3. The maximum Gasteiger partial charge on any atom is 0.326 e. The highest BCUT2D eigenvalue weighted by atomic mass is 32.2. The van der Waals surface area contributed by atoms with E-state index in [0.717, 1.165) is 40.9 Å². The van der Waals surface area contributed by atoms with Crippen molar-refractivity contribution in [1.82, 2.24) is 4.90 Å². The van der Waals surface area contributed by atoms with Crippen LogP contribution in [-0.2, 0) is 14.3 Å². The summed E-state index contributed by atoms with van der Waals surface area (Å²) in [6.07, 6.45) is 4.61. The van der Waals surface area contributed by atoms with Gasteiger partial charge in [0.2, 0.25) is 0 Å². The van der Waals surface area contributed by atoms with Crippen LogP contribution in [0.3, 0.4) is 0 Å². The Balaban J connectivity index is 1.71. The lowest BCUT2D eigenvalue weighted by atomic mass is 10.1. The van der Waals surface area contributed by atoms with E-state index in [9.17, 15) is 14.4 Å². The first kappa shape index (κ1) is 20.5. The quantitative estimate of drug-likeness (QED) is 0.530. The first-order chi connectivity index (χ1) is 13.4. The molecule has 0 N–H and O–H groups in total. The standard InChI is InChI=1S/C21H26N2O4S/c1-4-15(3)27-19(24)13-23-20(25)18(28-21(23)26)12-16-7-8-17(11-14(16)2)22-9-5-6-10-22/h7-8,11-12,15H,4-6,9-10,13H2,1-3H3/b18-12+/t15-/m1/s1. The Hall–Kier alpha value is -2.28. The number of esters is 1.